The summed E-state index contributed by atoms with van der Waals surface area (Å²) < 4.78 is 0. The molecule has 6 heavy (non-hydrogen) atoms. The third-order valence-corrected chi connectivity index (χ3v) is 0. The van der Waals surface area contributed by atoms with Crippen LogP contribution in [0.25, 0.3) is 0 Å². The molecule has 0 N–H and O–H groups in total. The molecule has 0 amide bonds. The van der Waals surface area contributed by atoms with E-state index in [-0.39, 0.29) is 113 Å². The van der Waals surface area contributed by atoms with E-state index in [0.717, 1.165) is 0 Å². The molecule has 0 aliphatic rings. The van der Waals surface area contributed by atoms with Crippen molar-refractivity contribution < 1.29 is 113 Å². The van der Waals surface area contributed by atoms with Crippen molar-refractivity contribution in [2.75, 3.05) is 0 Å². The zero-order chi connectivity index (χ0) is 0. The van der Waals surface area contributed by atoms with Crippen LogP contribution in [-0.4, -0.2) is 0 Å². The zero-order valence-corrected chi connectivity index (χ0v) is 11.3. The minimum Gasteiger partial charge on any atom is 0 e. The molecular weight excluding hydrogens is 407 g/mol. The van der Waals surface area contributed by atoms with Crippen LogP contribution in [0.5, 0.6) is 0 Å². The molecule has 0 spiro atoms. The molecule has 2 radical (unpaired) electrons. The minimum atomic E-state index is 0. The van der Waals surface area contributed by atoms with Gasteiger partial charge in [-0.2, -0.15) is 0 Å². The van der Waals surface area contributed by atoms with Crippen molar-refractivity contribution in [2.24, 2.45) is 0 Å². The van der Waals surface area contributed by atoms with Gasteiger partial charge in [-0.05, 0) is 0 Å². The molecule has 0 nitrogen and oxygen atoms in total. The smallest absolute Gasteiger partial charge is 0 e. The third-order valence-electron chi connectivity index (χ3n) is 0. The molecule has 0 unspecified atom stereocenters. The van der Waals surface area contributed by atoms with Crippen LogP contribution in [0.4, 0.5) is 0 Å². The normalized spacial score (nSPS) is 0. The van der Waals surface area contributed by atoms with Crippen molar-refractivity contribution >= 4 is 0 Å². The van der Waals surface area contributed by atoms with E-state index in [4.69, 9.17) is 0 Å². The molecule has 40 valence electrons. The molecule has 6 heteroatoms. The van der Waals surface area contributed by atoms with Gasteiger partial charge in [-0.1, -0.05) is 0 Å². The van der Waals surface area contributed by atoms with Gasteiger partial charge in [-0.15, -0.1) is 0 Å². The maximum atomic E-state index is 0. The summed E-state index contributed by atoms with van der Waals surface area (Å²) in [6.45, 7) is 0. The Morgan fingerprint density at radius 1 is 0.667 bits per heavy atom. The second-order valence-corrected chi connectivity index (χ2v) is 0. The van der Waals surface area contributed by atoms with Gasteiger partial charge in [-0.25, -0.2) is 0 Å². The Morgan fingerprint density at radius 2 is 0.667 bits per heavy atom. The van der Waals surface area contributed by atoms with Crippen molar-refractivity contribution in [1.82, 2.24) is 0 Å². The molecule has 0 atom stereocenters. The first-order valence-electron chi connectivity index (χ1n) is 0. The first-order valence-corrected chi connectivity index (χ1v) is 0. The molecule has 0 aliphatic carbocycles. The SMILES string of the molecule is [Fe].[Fe].[Fe].[Mo].[Nb].[V]. The van der Waals surface area contributed by atoms with E-state index in [2.05, 4.69) is 0 Å². The zero-order valence-electron chi connectivity index (χ0n) is 2.36. The monoisotopic (exact) mass is 410 g/mol. The van der Waals surface area contributed by atoms with Crippen LogP contribution in [-0.2, 0) is 113 Å². The molecular formula is Fe3MoNbV. The van der Waals surface area contributed by atoms with Crippen LogP contribution in [0.3, 0.4) is 0 Å². The molecule has 0 aliphatic heterocycles. The molecule has 0 bridgehead atoms. The standard InChI is InChI=1S/3Fe.Mo.Nb.V. The Morgan fingerprint density at radius 3 is 0.667 bits per heavy atom. The van der Waals surface area contributed by atoms with Crippen molar-refractivity contribution in [3.63, 3.8) is 0 Å². The van der Waals surface area contributed by atoms with E-state index < -0.39 is 0 Å². The molecule has 0 heterocycles. The van der Waals surface area contributed by atoms with Crippen molar-refractivity contribution in [1.29, 1.82) is 0 Å². The van der Waals surface area contributed by atoms with Gasteiger partial charge in [0.15, 0.2) is 0 Å². The van der Waals surface area contributed by atoms with E-state index >= 15 is 0 Å². The number of hydrogen-bond donors (Lipinski definition) is 0. The molecule has 0 fully saturated rings. The van der Waals surface area contributed by atoms with Gasteiger partial charge in [0.25, 0.3) is 0 Å². The van der Waals surface area contributed by atoms with Gasteiger partial charge in [0.05, 0.1) is 0 Å². The summed E-state index contributed by atoms with van der Waals surface area (Å²) in [5.74, 6) is 0. The first-order chi connectivity index (χ1) is 0. The van der Waals surface area contributed by atoms with Gasteiger partial charge in [0.1, 0.15) is 0 Å². The fourth-order valence-electron chi connectivity index (χ4n) is 0. The maximum absolute atomic E-state index is 0. The van der Waals surface area contributed by atoms with Crippen LogP contribution >= 0.6 is 0 Å². The largest absolute Gasteiger partial charge is 0 e. The summed E-state index contributed by atoms with van der Waals surface area (Å²) in [5, 5.41) is 0. The molecule has 0 saturated carbocycles. The summed E-state index contributed by atoms with van der Waals surface area (Å²) in [6, 6.07) is 0. The minimum absolute atomic E-state index is 0. The molecule has 0 aromatic carbocycles. The Hall–Kier alpha value is 3.57. The van der Waals surface area contributed by atoms with E-state index in [1.807, 2.05) is 0 Å². The van der Waals surface area contributed by atoms with E-state index in [9.17, 15) is 0 Å². The molecule has 0 rings (SSSR count). The second-order valence-electron chi connectivity index (χ2n) is 0. The predicted molar refractivity (Wildman–Crippen MR) is 0 cm³/mol. The van der Waals surface area contributed by atoms with Crippen LogP contribution in [0.2, 0.25) is 0 Å². The fourth-order valence-corrected chi connectivity index (χ4v) is 0. The average molecular weight is 407 g/mol. The Bertz CT molecular complexity index is 10.8. The molecule has 0 aromatic heterocycles. The van der Waals surface area contributed by atoms with Crippen LogP contribution in [0.1, 0.15) is 0 Å². The summed E-state index contributed by atoms with van der Waals surface area (Å²) in [6.07, 6.45) is 0. The summed E-state index contributed by atoms with van der Waals surface area (Å²) in [4.78, 5) is 0. The summed E-state index contributed by atoms with van der Waals surface area (Å²) >= 11 is 0. The van der Waals surface area contributed by atoms with E-state index in [0.29, 0.717) is 0 Å². The van der Waals surface area contributed by atoms with Crippen LogP contribution in [0, 0.1) is 0 Å². The Labute approximate surface area is 111 Å². The van der Waals surface area contributed by atoms with E-state index in [1.165, 1.54) is 0 Å². The van der Waals surface area contributed by atoms with Gasteiger partial charge in [0.2, 0.25) is 0 Å². The third kappa shape index (κ3) is 25.6. The number of hydrogen-bond acceptors (Lipinski definition) is 0. The predicted octanol–water partition coefficient (Wildman–Crippen LogP) is -0.0150. The maximum Gasteiger partial charge on any atom is 0 e. The molecule has 0 saturated heterocycles. The fraction of sp³-hybridized carbons (Fsp3) is 0. The topological polar surface area (TPSA) is 0 Å². The quantitative estimate of drug-likeness (QED) is 0.496. The summed E-state index contributed by atoms with van der Waals surface area (Å²) in [7, 11) is 0. The van der Waals surface area contributed by atoms with Crippen molar-refractivity contribution in [2.45, 2.75) is 0 Å². The van der Waals surface area contributed by atoms with Crippen molar-refractivity contribution in [3.05, 3.63) is 0 Å². The van der Waals surface area contributed by atoms with Crippen LogP contribution in [0.15, 0.2) is 0 Å². The summed E-state index contributed by atoms with van der Waals surface area (Å²) in [5.41, 5.74) is 0. The molecule has 0 aromatic rings. The average Bonchev–Trinajstić information content (AvgIpc) is 0. The van der Waals surface area contributed by atoms with E-state index in [1.54, 1.807) is 0 Å². The van der Waals surface area contributed by atoms with Gasteiger partial charge < -0.3 is 0 Å². The number of rotatable bonds is 0. The van der Waals surface area contributed by atoms with Gasteiger partial charge >= 0.3 is 0 Å². The second kappa shape index (κ2) is 38.5. The Kier molecular flexibility index (Phi) is 354. The van der Waals surface area contributed by atoms with Crippen LogP contribution < -0.4 is 0 Å². The van der Waals surface area contributed by atoms with Gasteiger partial charge in [0, 0.05) is 113 Å². The first kappa shape index (κ1) is 55.1. The van der Waals surface area contributed by atoms with Crippen molar-refractivity contribution in [3.8, 4) is 0 Å². The Balaban J connectivity index is 0. The van der Waals surface area contributed by atoms with Gasteiger partial charge in [-0.3, -0.25) is 0 Å².